The van der Waals surface area contributed by atoms with Gasteiger partial charge in [0.2, 0.25) is 0 Å². The predicted octanol–water partition coefficient (Wildman–Crippen LogP) is 3.33. The summed E-state index contributed by atoms with van der Waals surface area (Å²) in [7, 11) is 0. The van der Waals surface area contributed by atoms with Crippen LogP contribution in [0.15, 0.2) is 0 Å². The standard InChI is InChI=1S/C7H16O.C2H4O2.C2H6/c1-4-6-8-7(3)5-2;1-2(3)4;1-2/h7H,4-6H2,1-3H3;1H3,(H,3,4);1-2H3. The van der Waals surface area contributed by atoms with Crippen molar-refractivity contribution in [1.82, 2.24) is 0 Å². The number of carboxylic acids is 1. The molecule has 88 valence electrons. The van der Waals surface area contributed by atoms with E-state index in [0.29, 0.717) is 6.10 Å². The maximum Gasteiger partial charge on any atom is 0.300 e. The van der Waals surface area contributed by atoms with Crippen molar-refractivity contribution in [3.63, 3.8) is 0 Å². The van der Waals surface area contributed by atoms with Gasteiger partial charge in [-0.2, -0.15) is 0 Å². The van der Waals surface area contributed by atoms with Crippen molar-refractivity contribution in [3.8, 4) is 0 Å². The van der Waals surface area contributed by atoms with Crippen molar-refractivity contribution < 1.29 is 14.6 Å². The Balaban J connectivity index is -0.000000170. The first-order valence-electron chi connectivity index (χ1n) is 5.35. The zero-order chi connectivity index (χ0) is 12.0. The van der Waals surface area contributed by atoms with Gasteiger partial charge in [0, 0.05) is 13.5 Å². The molecular weight excluding hydrogens is 180 g/mol. The molecule has 0 saturated heterocycles. The van der Waals surface area contributed by atoms with Gasteiger partial charge in [-0.15, -0.1) is 0 Å². The molecule has 0 aliphatic carbocycles. The summed E-state index contributed by atoms with van der Waals surface area (Å²) in [6, 6.07) is 0. The van der Waals surface area contributed by atoms with E-state index >= 15 is 0 Å². The Morgan fingerprint density at radius 1 is 1.36 bits per heavy atom. The Hall–Kier alpha value is -0.570. The molecule has 1 N–H and O–H groups in total. The van der Waals surface area contributed by atoms with E-state index in [9.17, 15) is 0 Å². The van der Waals surface area contributed by atoms with E-state index in [1.165, 1.54) is 0 Å². The van der Waals surface area contributed by atoms with Crippen molar-refractivity contribution in [2.45, 2.75) is 60.5 Å². The van der Waals surface area contributed by atoms with E-state index in [1.54, 1.807) is 0 Å². The second-order valence-electron chi connectivity index (χ2n) is 2.61. The quantitative estimate of drug-likeness (QED) is 0.767. The van der Waals surface area contributed by atoms with Crippen LogP contribution >= 0.6 is 0 Å². The fourth-order valence-corrected chi connectivity index (χ4v) is 0.437. The maximum atomic E-state index is 9.00. The second-order valence-corrected chi connectivity index (χ2v) is 2.61. The summed E-state index contributed by atoms with van der Waals surface area (Å²) in [6.45, 7) is 12.4. The molecule has 0 bridgehead atoms. The smallest absolute Gasteiger partial charge is 0.300 e. The van der Waals surface area contributed by atoms with E-state index < -0.39 is 5.97 Å². The molecule has 0 fully saturated rings. The Morgan fingerprint density at radius 2 is 1.71 bits per heavy atom. The lowest BCUT2D eigenvalue weighted by Crippen LogP contribution is -2.06. The topological polar surface area (TPSA) is 46.5 Å². The van der Waals surface area contributed by atoms with Crippen LogP contribution in [0, 0.1) is 0 Å². The molecular formula is C11H26O3. The molecule has 0 aromatic carbocycles. The first-order valence-corrected chi connectivity index (χ1v) is 5.35. The van der Waals surface area contributed by atoms with Crippen LogP contribution in [0.2, 0.25) is 0 Å². The van der Waals surface area contributed by atoms with Crippen LogP contribution < -0.4 is 0 Å². The van der Waals surface area contributed by atoms with Crippen LogP contribution in [0.4, 0.5) is 0 Å². The lowest BCUT2D eigenvalue weighted by molar-refractivity contribution is -0.134. The molecule has 14 heavy (non-hydrogen) atoms. The number of rotatable bonds is 4. The molecule has 0 aromatic rings. The second kappa shape index (κ2) is 18.3. The molecule has 3 nitrogen and oxygen atoms in total. The number of hydrogen-bond acceptors (Lipinski definition) is 2. The van der Waals surface area contributed by atoms with Gasteiger partial charge in [0.25, 0.3) is 5.97 Å². The van der Waals surface area contributed by atoms with E-state index in [0.717, 1.165) is 26.4 Å². The minimum atomic E-state index is -0.833. The molecule has 3 heteroatoms. The van der Waals surface area contributed by atoms with Crippen molar-refractivity contribution in [3.05, 3.63) is 0 Å². The summed E-state index contributed by atoms with van der Waals surface area (Å²) >= 11 is 0. The summed E-state index contributed by atoms with van der Waals surface area (Å²) in [6.07, 6.45) is 2.71. The first kappa shape index (κ1) is 19.1. The van der Waals surface area contributed by atoms with Gasteiger partial charge in [0.15, 0.2) is 0 Å². The molecule has 1 unspecified atom stereocenters. The Morgan fingerprint density at radius 3 is 1.93 bits per heavy atom. The van der Waals surface area contributed by atoms with Crippen molar-refractivity contribution in [1.29, 1.82) is 0 Å². The van der Waals surface area contributed by atoms with Crippen LogP contribution in [0.25, 0.3) is 0 Å². The van der Waals surface area contributed by atoms with Gasteiger partial charge in [-0.1, -0.05) is 27.7 Å². The van der Waals surface area contributed by atoms with E-state index in [-0.39, 0.29) is 0 Å². The summed E-state index contributed by atoms with van der Waals surface area (Å²) in [5.41, 5.74) is 0. The minimum Gasteiger partial charge on any atom is -0.481 e. The molecule has 0 saturated carbocycles. The minimum absolute atomic E-state index is 0.454. The monoisotopic (exact) mass is 206 g/mol. The molecule has 0 heterocycles. The van der Waals surface area contributed by atoms with E-state index in [1.807, 2.05) is 13.8 Å². The van der Waals surface area contributed by atoms with Gasteiger partial charge in [-0.3, -0.25) is 4.79 Å². The van der Waals surface area contributed by atoms with Gasteiger partial charge in [0.1, 0.15) is 0 Å². The Labute approximate surface area is 88.5 Å². The van der Waals surface area contributed by atoms with Crippen molar-refractivity contribution in [2.24, 2.45) is 0 Å². The van der Waals surface area contributed by atoms with Crippen molar-refractivity contribution >= 4 is 5.97 Å². The molecule has 0 aliphatic heterocycles. The average Bonchev–Trinajstić information content (AvgIpc) is 2.16. The fraction of sp³-hybridized carbons (Fsp3) is 0.909. The summed E-state index contributed by atoms with van der Waals surface area (Å²) < 4.78 is 5.34. The van der Waals surface area contributed by atoms with Gasteiger partial charge in [-0.05, 0) is 19.8 Å². The number of aliphatic carboxylic acids is 1. The number of carbonyl (C=O) groups is 1. The summed E-state index contributed by atoms with van der Waals surface area (Å²) in [4.78, 5) is 9.00. The molecule has 0 radical (unpaired) electrons. The highest BCUT2D eigenvalue weighted by Gasteiger charge is 1.93. The van der Waals surface area contributed by atoms with Gasteiger partial charge >= 0.3 is 0 Å². The van der Waals surface area contributed by atoms with Crippen LogP contribution in [-0.4, -0.2) is 23.8 Å². The third-order valence-corrected chi connectivity index (χ3v) is 1.18. The van der Waals surface area contributed by atoms with Crippen LogP contribution in [-0.2, 0) is 9.53 Å². The van der Waals surface area contributed by atoms with Crippen LogP contribution in [0.3, 0.4) is 0 Å². The Kier molecular flexibility index (Phi) is 24.9. The normalized spacial score (nSPS) is 10.1. The number of hydrogen-bond donors (Lipinski definition) is 1. The highest BCUT2D eigenvalue weighted by atomic mass is 16.5. The van der Waals surface area contributed by atoms with Crippen molar-refractivity contribution in [2.75, 3.05) is 6.61 Å². The first-order chi connectivity index (χ1) is 6.54. The molecule has 0 aromatic heterocycles. The highest BCUT2D eigenvalue weighted by Crippen LogP contribution is 1.95. The van der Waals surface area contributed by atoms with Crippen LogP contribution in [0.5, 0.6) is 0 Å². The summed E-state index contributed by atoms with van der Waals surface area (Å²) in [5.74, 6) is -0.833. The molecule has 0 aliphatic rings. The van der Waals surface area contributed by atoms with Gasteiger partial charge < -0.3 is 9.84 Å². The third kappa shape index (κ3) is 42.2. The lowest BCUT2D eigenvalue weighted by Gasteiger charge is -2.07. The Bertz CT molecular complexity index is 98.7. The maximum absolute atomic E-state index is 9.00. The third-order valence-electron chi connectivity index (χ3n) is 1.18. The van der Waals surface area contributed by atoms with E-state index in [4.69, 9.17) is 14.6 Å². The average molecular weight is 206 g/mol. The molecule has 0 rings (SSSR count). The van der Waals surface area contributed by atoms with Gasteiger partial charge in [0.05, 0.1) is 6.10 Å². The lowest BCUT2D eigenvalue weighted by atomic mass is 10.3. The largest absolute Gasteiger partial charge is 0.481 e. The fourth-order valence-electron chi connectivity index (χ4n) is 0.437. The zero-order valence-electron chi connectivity index (χ0n) is 10.5. The molecule has 0 amide bonds. The number of ether oxygens (including phenoxy) is 1. The highest BCUT2D eigenvalue weighted by molar-refractivity contribution is 5.62. The molecule has 0 spiro atoms. The SMILES string of the molecule is CC.CC(=O)O.CCCOC(C)CC. The molecule has 1 atom stereocenters. The van der Waals surface area contributed by atoms with Crippen LogP contribution in [0.1, 0.15) is 54.4 Å². The zero-order valence-corrected chi connectivity index (χ0v) is 10.5. The number of carboxylic acid groups (broad SMARTS) is 1. The van der Waals surface area contributed by atoms with E-state index in [2.05, 4.69) is 20.8 Å². The van der Waals surface area contributed by atoms with Gasteiger partial charge in [-0.25, -0.2) is 0 Å². The predicted molar refractivity (Wildman–Crippen MR) is 60.7 cm³/mol. The summed E-state index contributed by atoms with van der Waals surface area (Å²) in [5, 5.41) is 7.42.